The maximum Gasteiger partial charge on any atom is 0.232 e. The van der Waals surface area contributed by atoms with Gasteiger partial charge in [-0.3, -0.25) is 0 Å². The third-order valence-electron chi connectivity index (χ3n) is 2.83. The third kappa shape index (κ3) is 2.94. The highest BCUT2D eigenvalue weighted by molar-refractivity contribution is 7.09. The van der Waals surface area contributed by atoms with Gasteiger partial charge in [0.25, 0.3) is 0 Å². The molecule has 0 aliphatic carbocycles. The van der Waals surface area contributed by atoms with Crippen LogP contribution in [0.2, 0.25) is 0 Å². The summed E-state index contributed by atoms with van der Waals surface area (Å²) >= 11 is 1.61. The van der Waals surface area contributed by atoms with Crippen molar-refractivity contribution in [1.29, 1.82) is 0 Å². The van der Waals surface area contributed by atoms with Crippen LogP contribution in [0.5, 0.6) is 0 Å². The molecule has 0 spiro atoms. The van der Waals surface area contributed by atoms with E-state index in [-0.39, 0.29) is 5.92 Å². The van der Waals surface area contributed by atoms with E-state index in [4.69, 9.17) is 4.52 Å². The fourth-order valence-corrected chi connectivity index (χ4v) is 2.48. The molecular weight excluding hydrogens is 250 g/mol. The van der Waals surface area contributed by atoms with Gasteiger partial charge in [0.05, 0.1) is 29.1 Å². The molecule has 0 radical (unpaired) electrons. The zero-order valence-electron chi connectivity index (χ0n) is 10.8. The number of aromatic nitrogens is 3. The van der Waals surface area contributed by atoms with Crippen molar-refractivity contribution in [2.24, 2.45) is 0 Å². The van der Waals surface area contributed by atoms with E-state index >= 15 is 0 Å². The van der Waals surface area contributed by atoms with Crippen LogP contribution in [0.3, 0.4) is 0 Å². The fraction of sp³-hybridized carbons (Fsp3) is 0.583. The van der Waals surface area contributed by atoms with Crippen molar-refractivity contribution in [3.05, 3.63) is 27.8 Å². The van der Waals surface area contributed by atoms with Crippen molar-refractivity contribution in [2.75, 3.05) is 0 Å². The molecule has 0 bridgehead atoms. The Morgan fingerprint density at radius 3 is 2.78 bits per heavy atom. The van der Waals surface area contributed by atoms with Crippen molar-refractivity contribution in [1.82, 2.24) is 15.1 Å². The first-order chi connectivity index (χ1) is 8.60. The highest BCUT2D eigenvalue weighted by Crippen LogP contribution is 2.22. The summed E-state index contributed by atoms with van der Waals surface area (Å²) in [6, 6.07) is 0. The second-order valence-corrected chi connectivity index (χ2v) is 5.40. The molecule has 2 atom stereocenters. The van der Waals surface area contributed by atoms with Crippen molar-refractivity contribution < 1.29 is 9.63 Å². The second kappa shape index (κ2) is 5.58. The zero-order valence-corrected chi connectivity index (χ0v) is 11.6. The number of aliphatic hydroxyl groups excluding tert-OH is 1. The summed E-state index contributed by atoms with van der Waals surface area (Å²) in [5.74, 6) is 1.03. The number of nitrogens with zero attached hydrogens (tertiary/aromatic N) is 3. The Labute approximate surface area is 110 Å². The van der Waals surface area contributed by atoms with E-state index in [0.717, 1.165) is 17.1 Å². The smallest absolute Gasteiger partial charge is 0.232 e. The predicted octanol–water partition coefficient (Wildman–Crippen LogP) is 2.30. The van der Waals surface area contributed by atoms with Gasteiger partial charge < -0.3 is 9.63 Å². The van der Waals surface area contributed by atoms with Crippen LogP contribution in [0.15, 0.2) is 9.90 Å². The molecule has 2 aromatic heterocycles. The summed E-state index contributed by atoms with van der Waals surface area (Å²) in [7, 11) is 0. The lowest BCUT2D eigenvalue weighted by molar-refractivity contribution is 0.141. The van der Waals surface area contributed by atoms with Crippen LogP contribution in [0, 0.1) is 6.92 Å². The van der Waals surface area contributed by atoms with E-state index in [0.29, 0.717) is 18.1 Å². The number of aryl methyl sites for hydroxylation is 1. The Bertz CT molecular complexity index is 507. The molecule has 5 nitrogen and oxygen atoms in total. The lowest BCUT2D eigenvalue weighted by atomic mass is 10.0. The van der Waals surface area contributed by atoms with Crippen LogP contribution in [-0.2, 0) is 6.42 Å². The molecule has 0 saturated carbocycles. The van der Waals surface area contributed by atoms with Gasteiger partial charge in [0.15, 0.2) is 5.82 Å². The topological polar surface area (TPSA) is 72.0 Å². The first-order valence-electron chi connectivity index (χ1n) is 6.01. The second-order valence-electron chi connectivity index (χ2n) is 4.34. The third-order valence-corrected chi connectivity index (χ3v) is 3.65. The summed E-state index contributed by atoms with van der Waals surface area (Å²) in [5, 5.41) is 16.6. The summed E-state index contributed by atoms with van der Waals surface area (Å²) in [6.45, 7) is 5.70. The Balaban J connectivity index is 2.10. The number of thiazole rings is 1. The number of rotatable bonds is 5. The molecule has 0 saturated heterocycles. The van der Waals surface area contributed by atoms with E-state index in [1.165, 1.54) is 0 Å². The molecule has 0 fully saturated rings. The van der Waals surface area contributed by atoms with E-state index in [1.807, 2.05) is 19.2 Å². The average molecular weight is 267 g/mol. The molecule has 0 aromatic carbocycles. The molecule has 1 N–H and O–H groups in total. The number of hydrogen-bond donors (Lipinski definition) is 1. The maximum atomic E-state index is 9.63. The lowest BCUT2D eigenvalue weighted by Crippen LogP contribution is -2.14. The van der Waals surface area contributed by atoms with Gasteiger partial charge in [-0.25, -0.2) is 4.98 Å². The van der Waals surface area contributed by atoms with Crippen LogP contribution in [0.1, 0.15) is 48.6 Å². The van der Waals surface area contributed by atoms with E-state index in [1.54, 1.807) is 18.3 Å². The monoisotopic (exact) mass is 267 g/mol. The van der Waals surface area contributed by atoms with Gasteiger partial charge >= 0.3 is 0 Å². The maximum absolute atomic E-state index is 9.63. The Hall–Kier alpha value is -1.27. The predicted molar refractivity (Wildman–Crippen MR) is 68.7 cm³/mol. The van der Waals surface area contributed by atoms with Gasteiger partial charge in [-0.2, -0.15) is 4.98 Å². The highest BCUT2D eigenvalue weighted by Gasteiger charge is 2.22. The molecular formula is C12H17N3O2S. The quantitative estimate of drug-likeness (QED) is 0.900. The molecule has 0 aliphatic rings. The molecule has 2 aromatic rings. The van der Waals surface area contributed by atoms with Crippen LogP contribution >= 0.6 is 11.3 Å². The van der Waals surface area contributed by atoms with Crippen LogP contribution in [-0.4, -0.2) is 26.3 Å². The highest BCUT2D eigenvalue weighted by atomic mass is 32.1. The molecule has 2 unspecified atom stereocenters. The van der Waals surface area contributed by atoms with E-state index in [9.17, 15) is 5.11 Å². The SMILES string of the molecule is CCC(c1nc(Cc2csc(C)n2)no1)C(C)O. The van der Waals surface area contributed by atoms with Gasteiger partial charge in [-0.15, -0.1) is 11.3 Å². The average Bonchev–Trinajstić information content (AvgIpc) is 2.90. The van der Waals surface area contributed by atoms with Crippen LogP contribution in [0.25, 0.3) is 0 Å². The molecule has 98 valence electrons. The Morgan fingerprint density at radius 2 is 2.22 bits per heavy atom. The van der Waals surface area contributed by atoms with Gasteiger partial charge in [0.1, 0.15) is 0 Å². The van der Waals surface area contributed by atoms with E-state index < -0.39 is 6.10 Å². The summed E-state index contributed by atoms with van der Waals surface area (Å²) in [6.07, 6.45) is 0.865. The summed E-state index contributed by atoms with van der Waals surface area (Å²) in [4.78, 5) is 8.70. The normalized spacial score (nSPS) is 14.7. The van der Waals surface area contributed by atoms with Gasteiger partial charge in [0, 0.05) is 5.38 Å². The number of hydrogen-bond acceptors (Lipinski definition) is 6. The van der Waals surface area contributed by atoms with Gasteiger partial charge in [-0.1, -0.05) is 12.1 Å². The van der Waals surface area contributed by atoms with Crippen LogP contribution < -0.4 is 0 Å². The minimum atomic E-state index is -0.482. The fourth-order valence-electron chi connectivity index (χ4n) is 1.86. The first-order valence-corrected chi connectivity index (χ1v) is 6.89. The minimum absolute atomic E-state index is 0.0941. The molecule has 0 aliphatic heterocycles. The van der Waals surface area contributed by atoms with Crippen molar-refractivity contribution in [3.63, 3.8) is 0 Å². The molecule has 2 rings (SSSR count). The molecule has 2 heterocycles. The first kappa shape index (κ1) is 13.2. The van der Waals surface area contributed by atoms with Crippen molar-refractivity contribution in [3.8, 4) is 0 Å². The standard InChI is InChI=1S/C12H17N3O2S/c1-4-10(7(2)16)12-14-11(15-17-12)5-9-6-18-8(3)13-9/h6-7,10,16H,4-5H2,1-3H3. The summed E-state index contributed by atoms with van der Waals surface area (Å²) in [5.41, 5.74) is 0.954. The lowest BCUT2D eigenvalue weighted by Gasteiger charge is -2.12. The van der Waals surface area contributed by atoms with Crippen molar-refractivity contribution in [2.45, 2.75) is 45.6 Å². The zero-order chi connectivity index (χ0) is 13.1. The molecule has 0 amide bonds. The number of aliphatic hydroxyl groups is 1. The summed E-state index contributed by atoms with van der Waals surface area (Å²) < 4.78 is 5.21. The van der Waals surface area contributed by atoms with Crippen molar-refractivity contribution >= 4 is 11.3 Å². The minimum Gasteiger partial charge on any atom is -0.393 e. The largest absolute Gasteiger partial charge is 0.393 e. The van der Waals surface area contributed by atoms with E-state index in [2.05, 4.69) is 15.1 Å². The van der Waals surface area contributed by atoms with Gasteiger partial charge in [-0.05, 0) is 20.3 Å². The Kier molecular flexibility index (Phi) is 4.08. The Morgan fingerprint density at radius 1 is 1.44 bits per heavy atom. The van der Waals surface area contributed by atoms with Crippen LogP contribution in [0.4, 0.5) is 0 Å². The molecule has 6 heteroatoms. The molecule has 18 heavy (non-hydrogen) atoms. The van der Waals surface area contributed by atoms with Gasteiger partial charge in [0.2, 0.25) is 5.89 Å².